The van der Waals surface area contributed by atoms with Crippen LogP contribution in [0.15, 0.2) is 12.4 Å². The Hall–Kier alpha value is -1.00. The SMILES string of the molecule is CC(C)O.CC(C)c1ncc(C2CCN(C3CCCCC3)CC2)cn1. The number of hydrogen-bond acceptors (Lipinski definition) is 4. The first-order chi connectivity index (χ1) is 12.0. The summed E-state index contributed by atoms with van der Waals surface area (Å²) in [6, 6.07) is 0.874. The highest BCUT2D eigenvalue weighted by Crippen LogP contribution is 2.31. The topological polar surface area (TPSA) is 49.3 Å². The zero-order valence-corrected chi connectivity index (χ0v) is 16.6. The Bertz CT molecular complexity index is 470. The quantitative estimate of drug-likeness (QED) is 0.874. The summed E-state index contributed by atoms with van der Waals surface area (Å²) in [6.07, 6.45) is 13.7. The van der Waals surface area contributed by atoms with Crippen molar-refractivity contribution in [2.45, 2.75) is 96.6 Å². The first-order valence-electron chi connectivity index (χ1n) is 10.2. The third-order valence-corrected chi connectivity index (χ3v) is 5.30. The van der Waals surface area contributed by atoms with E-state index in [4.69, 9.17) is 5.11 Å². The molecule has 2 fully saturated rings. The third kappa shape index (κ3) is 6.67. The van der Waals surface area contributed by atoms with Crippen LogP contribution in [0.5, 0.6) is 0 Å². The molecule has 1 aromatic rings. The number of rotatable bonds is 3. The highest BCUT2D eigenvalue weighted by Gasteiger charge is 2.27. The van der Waals surface area contributed by atoms with Crippen LogP contribution >= 0.6 is 0 Å². The Morgan fingerprint density at radius 2 is 1.44 bits per heavy atom. The molecule has 0 atom stereocenters. The zero-order valence-electron chi connectivity index (χ0n) is 16.6. The molecule has 0 aromatic carbocycles. The van der Waals surface area contributed by atoms with Crippen molar-refractivity contribution in [1.82, 2.24) is 14.9 Å². The van der Waals surface area contributed by atoms with E-state index in [9.17, 15) is 0 Å². The first kappa shape index (κ1) is 20.3. The van der Waals surface area contributed by atoms with Crippen LogP contribution in [0.3, 0.4) is 0 Å². The Kier molecular flexibility index (Phi) is 8.31. The molecular formula is C21H37N3O. The van der Waals surface area contributed by atoms with E-state index in [1.165, 1.54) is 63.6 Å². The van der Waals surface area contributed by atoms with Crippen molar-refractivity contribution in [2.75, 3.05) is 13.1 Å². The van der Waals surface area contributed by atoms with Crippen LogP contribution in [-0.2, 0) is 0 Å². The van der Waals surface area contributed by atoms with Crippen LogP contribution in [0.2, 0.25) is 0 Å². The summed E-state index contributed by atoms with van der Waals surface area (Å²) in [5.74, 6) is 2.07. The molecule has 1 saturated heterocycles. The van der Waals surface area contributed by atoms with Crippen LogP contribution in [0.25, 0.3) is 0 Å². The molecule has 0 unspecified atom stereocenters. The molecule has 4 nitrogen and oxygen atoms in total. The van der Waals surface area contributed by atoms with Gasteiger partial charge in [-0.2, -0.15) is 0 Å². The Balaban J connectivity index is 0.000000511. The lowest BCUT2D eigenvalue weighted by atomic mass is 9.88. The highest BCUT2D eigenvalue weighted by molar-refractivity contribution is 5.13. The van der Waals surface area contributed by atoms with Crippen LogP contribution < -0.4 is 0 Å². The van der Waals surface area contributed by atoms with Gasteiger partial charge in [0, 0.05) is 30.5 Å². The van der Waals surface area contributed by atoms with Gasteiger partial charge in [0.1, 0.15) is 5.82 Å². The fourth-order valence-electron chi connectivity index (χ4n) is 3.90. The summed E-state index contributed by atoms with van der Waals surface area (Å²) in [4.78, 5) is 11.8. The van der Waals surface area contributed by atoms with Crippen molar-refractivity contribution in [2.24, 2.45) is 0 Å². The number of likely N-dealkylation sites (tertiary alicyclic amines) is 1. The molecule has 3 rings (SSSR count). The molecule has 2 heterocycles. The maximum Gasteiger partial charge on any atom is 0.130 e. The Morgan fingerprint density at radius 1 is 0.920 bits per heavy atom. The van der Waals surface area contributed by atoms with Gasteiger partial charge in [-0.15, -0.1) is 0 Å². The molecule has 0 amide bonds. The molecule has 1 aliphatic carbocycles. The lowest BCUT2D eigenvalue weighted by Crippen LogP contribution is -2.41. The molecule has 1 N–H and O–H groups in total. The van der Waals surface area contributed by atoms with Crippen molar-refractivity contribution in [3.8, 4) is 0 Å². The minimum atomic E-state index is -0.167. The predicted octanol–water partition coefficient (Wildman–Crippen LogP) is 4.50. The fourth-order valence-corrected chi connectivity index (χ4v) is 3.90. The molecular weight excluding hydrogens is 310 g/mol. The van der Waals surface area contributed by atoms with Gasteiger partial charge in [0.2, 0.25) is 0 Å². The molecule has 0 spiro atoms. The average molecular weight is 348 g/mol. The molecule has 1 aliphatic heterocycles. The van der Waals surface area contributed by atoms with E-state index in [1.54, 1.807) is 13.8 Å². The Morgan fingerprint density at radius 3 is 1.92 bits per heavy atom. The number of aromatic nitrogens is 2. The third-order valence-electron chi connectivity index (χ3n) is 5.30. The standard InChI is InChI=1S/C18H29N3.C3H8O/c1-14(2)18-19-12-16(13-20-18)15-8-10-21(11-9-15)17-6-4-3-5-7-17;1-3(2)4/h12-15,17H,3-11H2,1-2H3;3-4H,1-2H3. The van der Waals surface area contributed by atoms with Gasteiger partial charge in [-0.1, -0.05) is 33.1 Å². The number of aliphatic hydroxyl groups excluding tert-OH is 1. The van der Waals surface area contributed by atoms with Gasteiger partial charge >= 0.3 is 0 Å². The van der Waals surface area contributed by atoms with Gasteiger partial charge in [0.05, 0.1) is 0 Å². The lowest BCUT2D eigenvalue weighted by Gasteiger charge is -2.39. The van der Waals surface area contributed by atoms with Crippen molar-refractivity contribution in [3.63, 3.8) is 0 Å². The van der Waals surface area contributed by atoms with Crippen molar-refractivity contribution in [1.29, 1.82) is 0 Å². The number of nitrogens with zero attached hydrogens (tertiary/aromatic N) is 3. The maximum absolute atomic E-state index is 8.06. The van der Waals surface area contributed by atoms with Gasteiger partial charge < -0.3 is 10.0 Å². The van der Waals surface area contributed by atoms with Crippen LogP contribution in [0.1, 0.15) is 95.9 Å². The Labute approximate surface area is 154 Å². The monoisotopic (exact) mass is 347 g/mol. The van der Waals surface area contributed by atoms with Gasteiger partial charge in [0.15, 0.2) is 0 Å². The second-order valence-corrected chi connectivity index (χ2v) is 8.23. The molecule has 1 saturated carbocycles. The second kappa shape index (κ2) is 10.2. The summed E-state index contributed by atoms with van der Waals surface area (Å²) < 4.78 is 0. The maximum atomic E-state index is 8.06. The fraction of sp³-hybridized carbons (Fsp3) is 0.810. The van der Waals surface area contributed by atoms with E-state index in [0.717, 1.165) is 11.9 Å². The van der Waals surface area contributed by atoms with Crippen LogP contribution in [-0.4, -0.2) is 45.2 Å². The van der Waals surface area contributed by atoms with E-state index in [1.807, 2.05) is 0 Å². The van der Waals surface area contributed by atoms with E-state index in [2.05, 4.69) is 41.1 Å². The van der Waals surface area contributed by atoms with Crippen molar-refractivity contribution >= 4 is 0 Å². The zero-order chi connectivity index (χ0) is 18.2. The summed E-state index contributed by atoms with van der Waals surface area (Å²) in [6.45, 7) is 10.3. The normalized spacial score (nSPS) is 20.6. The predicted molar refractivity (Wildman–Crippen MR) is 104 cm³/mol. The van der Waals surface area contributed by atoms with E-state index in [0.29, 0.717) is 11.8 Å². The summed E-state index contributed by atoms with van der Waals surface area (Å²) >= 11 is 0. The van der Waals surface area contributed by atoms with Crippen molar-refractivity contribution in [3.05, 3.63) is 23.8 Å². The van der Waals surface area contributed by atoms with E-state index in [-0.39, 0.29) is 6.10 Å². The van der Waals surface area contributed by atoms with E-state index < -0.39 is 0 Å². The minimum Gasteiger partial charge on any atom is -0.394 e. The first-order valence-corrected chi connectivity index (χ1v) is 10.2. The highest BCUT2D eigenvalue weighted by atomic mass is 16.3. The van der Waals surface area contributed by atoms with Crippen LogP contribution in [0.4, 0.5) is 0 Å². The lowest BCUT2D eigenvalue weighted by molar-refractivity contribution is 0.122. The molecule has 0 bridgehead atoms. The molecule has 4 heteroatoms. The molecule has 2 aliphatic rings. The van der Waals surface area contributed by atoms with Crippen molar-refractivity contribution < 1.29 is 5.11 Å². The van der Waals surface area contributed by atoms with Gasteiger partial charge in [0.25, 0.3) is 0 Å². The molecule has 25 heavy (non-hydrogen) atoms. The number of aliphatic hydroxyl groups is 1. The summed E-state index contributed by atoms with van der Waals surface area (Å²) in [5, 5.41) is 8.06. The summed E-state index contributed by atoms with van der Waals surface area (Å²) in [5.41, 5.74) is 1.35. The largest absolute Gasteiger partial charge is 0.394 e. The minimum absolute atomic E-state index is 0.167. The van der Waals surface area contributed by atoms with Gasteiger partial charge in [-0.25, -0.2) is 9.97 Å². The van der Waals surface area contributed by atoms with Crippen LogP contribution in [0, 0.1) is 0 Å². The molecule has 0 radical (unpaired) electrons. The number of hydrogen-bond donors (Lipinski definition) is 1. The number of piperidine rings is 1. The van der Waals surface area contributed by atoms with Gasteiger partial charge in [-0.05, 0) is 64.1 Å². The summed E-state index contributed by atoms with van der Waals surface area (Å²) in [7, 11) is 0. The van der Waals surface area contributed by atoms with Gasteiger partial charge in [-0.3, -0.25) is 0 Å². The second-order valence-electron chi connectivity index (χ2n) is 8.23. The smallest absolute Gasteiger partial charge is 0.130 e. The van der Waals surface area contributed by atoms with E-state index >= 15 is 0 Å². The molecule has 142 valence electrons. The average Bonchev–Trinajstić information content (AvgIpc) is 2.62. The molecule has 1 aromatic heterocycles.